The third-order valence-corrected chi connectivity index (χ3v) is 4.79. The van der Waals surface area contributed by atoms with Gasteiger partial charge in [0.05, 0.1) is 23.4 Å². The number of hydrogen-bond donors (Lipinski definition) is 1. The van der Waals surface area contributed by atoms with Gasteiger partial charge in [-0.25, -0.2) is 14.1 Å². The number of aromatic nitrogens is 3. The zero-order chi connectivity index (χ0) is 20.4. The predicted molar refractivity (Wildman–Crippen MR) is 102 cm³/mol. The van der Waals surface area contributed by atoms with Crippen molar-refractivity contribution in [2.24, 2.45) is 0 Å². The van der Waals surface area contributed by atoms with E-state index < -0.39 is 11.6 Å². The minimum absolute atomic E-state index is 0.000529. The Hall–Kier alpha value is -3.93. The second-order valence-electron chi connectivity index (χ2n) is 6.58. The highest BCUT2D eigenvalue weighted by Crippen LogP contribution is 2.26. The molecule has 146 valence electrons. The van der Waals surface area contributed by atoms with Crippen LogP contribution in [0.3, 0.4) is 0 Å². The molecule has 2 aromatic heterocycles. The van der Waals surface area contributed by atoms with Crippen molar-refractivity contribution in [1.82, 2.24) is 19.7 Å². The van der Waals surface area contributed by atoms with Gasteiger partial charge in [0.2, 0.25) is 0 Å². The molecule has 4 rings (SSSR count). The molecule has 1 fully saturated rings. The van der Waals surface area contributed by atoms with Gasteiger partial charge in [0.25, 0.3) is 5.91 Å². The zero-order valence-electron chi connectivity index (χ0n) is 15.4. The van der Waals surface area contributed by atoms with Crippen molar-refractivity contribution in [1.29, 1.82) is 5.26 Å². The lowest BCUT2D eigenvalue weighted by Gasteiger charge is -2.35. The maximum atomic E-state index is 13.8. The van der Waals surface area contributed by atoms with E-state index >= 15 is 0 Å². The van der Waals surface area contributed by atoms with E-state index in [-0.39, 0.29) is 17.2 Å². The number of benzene rings is 1. The van der Waals surface area contributed by atoms with Crippen LogP contribution in [-0.4, -0.2) is 56.9 Å². The van der Waals surface area contributed by atoms with Gasteiger partial charge < -0.3 is 14.9 Å². The molecule has 1 amide bonds. The number of phenols is 1. The molecule has 1 aliphatic rings. The van der Waals surface area contributed by atoms with Gasteiger partial charge in [-0.1, -0.05) is 6.07 Å². The van der Waals surface area contributed by atoms with E-state index in [1.54, 1.807) is 11.1 Å². The van der Waals surface area contributed by atoms with Gasteiger partial charge >= 0.3 is 0 Å². The first-order valence-electron chi connectivity index (χ1n) is 8.99. The topological polar surface area (TPSA) is 98.3 Å². The Morgan fingerprint density at radius 2 is 2.00 bits per heavy atom. The molecule has 0 aliphatic carbocycles. The number of carbonyl (C=O) groups excluding carboxylic acids is 1. The van der Waals surface area contributed by atoms with E-state index in [0.29, 0.717) is 31.7 Å². The van der Waals surface area contributed by atoms with Gasteiger partial charge in [-0.2, -0.15) is 10.4 Å². The molecule has 3 heterocycles. The Morgan fingerprint density at radius 1 is 1.21 bits per heavy atom. The van der Waals surface area contributed by atoms with Crippen molar-refractivity contribution in [3.05, 3.63) is 65.9 Å². The van der Waals surface area contributed by atoms with Crippen molar-refractivity contribution in [2.45, 2.75) is 0 Å². The first kappa shape index (κ1) is 18.4. The van der Waals surface area contributed by atoms with Crippen LogP contribution in [-0.2, 0) is 0 Å². The summed E-state index contributed by atoms with van der Waals surface area (Å²) in [4.78, 5) is 21.0. The number of rotatable bonds is 3. The molecular formula is C20H17FN6O2. The minimum Gasteiger partial charge on any atom is -0.503 e. The maximum Gasteiger partial charge on any atom is 0.257 e. The van der Waals surface area contributed by atoms with Crippen LogP contribution in [0.4, 0.5) is 10.2 Å². The van der Waals surface area contributed by atoms with E-state index in [4.69, 9.17) is 5.26 Å². The molecule has 1 N–H and O–H groups in total. The SMILES string of the molecule is N#Cc1cc(F)c(O)c(-n2cc(C(=O)N3CCN(c4ccccn4)CC3)cn2)c1. The minimum atomic E-state index is -0.923. The van der Waals surface area contributed by atoms with Gasteiger partial charge in [0.1, 0.15) is 11.5 Å². The van der Waals surface area contributed by atoms with E-state index in [9.17, 15) is 14.3 Å². The van der Waals surface area contributed by atoms with Crippen molar-refractivity contribution >= 4 is 11.7 Å². The zero-order valence-corrected chi connectivity index (χ0v) is 15.4. The Labute approximate surface area is 166 Å². The summed E-state index contributed by atoms with van der Waals surface area (Å²) in [7, 11) is 0. The first-order valence-corrected chi connectivity index (χ1v) is 8.99. The highest BCUT2D eigenvalue weighted by molar-refractivity contribution is 5.94. The number of carbonyl (C=O) groups is 1. The van der Waals surface area contributed by atoms with Crippen LogP contribution in [0.5, 0.6) is 5.75 Å². The van der Waals surface area contributed by atoms with Crippen molar-refractivity contribution < 1.29 is 14.3 Å². The molecule has 9 heteroatoms. The molecule has 0 atom stereocenters. The second-order valence-corrected chi connectivity index (χ2v) is 6.58. The van der Waals surface area contributed by atoms with Crippen molar-refractivity contribution in [3.63, 3.8) is 0 Å². The number of pyridine rings is 1. The fourth-order valence-electron chi connectivity index (χ4n) is 3.25. The Kier molecular flexibility index (Phi) is 4.83. The number of piperazine rings is 1. The van der Waals surface area contributed by atoms with Gasteiger partial charge in [0.15, 0.2) is 11.6 Å². The highest BCUT2D eigenvalue weighted by atomic mass is 19.1. The van der Waals surface area contributed by atoms with Crippen LogP contribution in [0.2, 0.25) is 0 Å². The molecule has 0 bridgehead atoms. The lowest BCUT2D eigenvalue weighted by Crippen LogP contribution is -2.49. The molecule has 0 spiro atoms. The van der Waals surface area contributed by atoms with Crippen LogP contribution in [0, 0.1) is 17.1 Å². The van der Waals surface area contributed by atoms with Gasteiger partial charge in [-0.05, 0) is 24.3 Å². The van der Waals surface area contributed by atoms with Crippen LogP contribution < -0.4 is 4.90 Å². The largest absolute Gasteiger partial charge is 0.503 e. The lowest BCUT2D eigenvalue weighted by atomic mass is 10.2. The molecule has 0 unspecified atom stereocenters. The molecule has 0 radical (unpaired) electrons. The average molecular weight is 392 g/mol. The standard InChI is InChI=1S/C20H17FN6O2/c21-16-9-14(11-22)10-17(19(16)28)27-13-15(12-24-27)20(29)26-7-5-25(6-8-26)18-3-1-2-4-23-18/h1-4,9-10,12-13,28H,5-8H2. The number of hydrogen-bond acceptors (Lipinski definition) is 6. The second kappa shape index (κ2) is 7.59. The summed E-state index contributed by atoms with van der Waals surface area (Å²) in [5.74, 6) is -0.876. The van der Waals surface area contributed by atoms with Crippen LogP contribution in [0.1, 0.15) is 15.9 Å². The molecule has 0 saturated carbocycles. The molecule has 8 nitrogen and oxygen atoms in total. The maximum absolute atomic E-state index is 13.8. The Balaban J connectivity index is 1.49. The average Bonchev–Trinajstić information content (AvgIpc) is 3.26. The van der Waals surface area contributed by atoms with E-state index in [1.807, 2.05) is 24.3 Å². The van der Waals surface area contributed by atoms with Crippen molar-refractivity contribution in [2.75, 3.05) is 31.1 Å². The molecule has 1 aromatic carbocycles. The number of amides is 1. The normalized spacial score (nSPS) is 13.9. The number of nitrogens with zero attached hydrogens (tertiary/aromatic N) is 6. The van der Waals surface area contributed by atoms with E-state index in [2.05, 4.69) is 15.0 Å². The number of phenolic OH excluding ortho intramolecular Hbond substituents is 1. The van der Waals surface area contributed by atoms with Crippen molar-refractivity contribution in [3.8, 4) is 17.5 Å². The fourth-order valence-corrected chi connectivity index (χ4v) is 3.25. The summed E-state index contributed by atoms with van der Waals surface area (Å²) in [5.41, 5.74) is 0.364. The van der Waals surface area contributed by atoms with Gasteiger partial charge in [-0.3, -0.25) is 4.79 Å². The number of halogens is 1. The molecule has 29 heavy (non-hydrogen) atoms. The van der Waals surface area contributed by atoms with Crippen LogP contribution in [0.15, 0.2) is 48.9 Å². The quantitative estimate of drug-likeness (QED) is 0.732. The number of aromatic hydroxyl groups is 1. The monoisotopic (exact) mass is 392 g/mol. The summed E-state index contributed by atoms with van der Waals surface area (Å²) in [6.07, 6.45) is 4.52. The van der Waals surface area contributed by atoms with E-state index in [1.165, 1.54) is 23.1 Å². The third kappa shape index (κ3) is 3.60. The smallest absolute Gasteiger partial charge is 0.257 e. The number of nitriles is 1. The van der Waals surface area contributed by atoms with Crippen LogP contribution in [0.25, 0.3) is 5.69 Å². The molecule has 1 aliphatic heterocycles. The van der Waals surface area contributed by atoms with E-state index in [0.717, 1.165) is 11.9 Å². The van der Waals surface area contributed by atoms with Gasteiger partial charge in [0, 0.05) is 38.6 Å². The number of anilines is 1. The summed E-state index contributed by atoms with van der Waals surface area (Å²) in [5, 5.41) is 23.0. The summed E-state index contributed by atoms with van der Waals surface area (Å²) in [6, 6.07) is 9.79. The Bertz CT molecular complexity index is 1080. The van der Waals surface area contributed by atoms with Gasteiger partial charge in [-0.15, -0.1) is 0 Å². The fraction of sp³-hybridized carbons (Fsp3) is 0.200. The highest BCUT2D eigenvalue weighted by Gasteiger charge is 2.24. The molecule has 3 aromatic rings. The predicted octanol–water partition coefficient (Wildman–Crippen LogP) is 1.95. The summed E-state index contributed by atoms with van der Waals surface area (Å²) >= 11 is 0. The van der Waals surface area contributed by atoms with Crippen LogP contribution >= 0.6 is 0 Å². The lowest BCUT2D eigenvalue weighted by molar-refractivity contribution is 0.0746. The Morgan fingerprint density at radius 3 is 2.69 bits per heavy atom. The molecular weight excluding hydrogens is 375 g/mol. The first-order chi connectivity index (χ1) is 14.1. The summed E-state index contributed by atoms with van der Waals surface area (Å²) in [6.45, 7) is 2.38. The molecule has 1 saturated heterocycles. The summed E-state index contributed by atoms with van der Waals surface area (Å²) < 4.78 is 15.0. The third-order valence-electron chi connectivity index (χ3n) is 4.79.